The standard InChI is InChI=1S/C22H28O6/c1-5-24-18-20(10(2)3)15(27-20)16-22(28-16)19(4)7-6-11-12(9-25-17(11)23)13(19)8-14-21(18,22)26-14/h10,13-16,18H,5-9H2,1-4H3/t13?,14?,15-,16-,18+,19-,20-,21+,22+/m0/s1. The van der Waals surface area contributed by atoms with E-state index in [4.69, 9.17) is 23.7 Å². The van der Waals surface area contributed by atoms with Gasteiger partial charge in [-0.25, -0.2) is 4.79 Å². The fourth-order valence-electron chi connectivity index (χ4n) is 8.08. The number of esters is 1. The van der Waals surface area contributed by atoms with Gasteiger partial charge in [0, 0.05) is 17.6 Å². The zero-order valence-corrected chi connectivity index (χ0v) is 16.9. The van der Waals surface area contributed by atoms with Gasteiger partial charge >= 0.3 is 5.97 Å². The summed E-state index contributed by atoms with van der Waals surface area (Å²) in [5.41, 5.74) is 0.985. The van der Waals surface area contributed by atoms with Crippen molar-refractivity contribution in [2.24, 2.45) is 17.3 Å². The van der Waals surface area contributed by atoms with Gasteiger partial charge in [-0.2, -0.15) is 0 Å². The van der Waals surface area contributed by atoms with E-state index in [0.717, 1.165) is 24.8 Å². The van der Waals surface area contributed by atoms with Gasteiger partial charge in [0.15, 0.2) is 5.60 Å². The van der Waals surface area contributed by atoms with Crippen molar-refractivity contribution in [2.45, 2.75) is 88.2 Å². The summed E-state index contributed by atoms with van der Waals surface area (Å²) < 4.78 is 31.6. The van der Waals surface area contributed by atoms with Crippen molar-refractivity contribution < 1.29 is 28.5 Å². The van der Waals surface area contributed by atoms with Crippen molar-refractivity contribution in [3.63, 3.8) is 0 Å². The molecule has 2 unspecified atom stereocenters. The second-order valence-corrected chi connectivity index (χ2v) is 10.3. The first-order chi connectivity index (χ1) is 13.4. The van der Waals surface area contributed by atoms with Gasteiger partial charge in [0.05, 0.1) is 6.10 Å². The SMILES string of the molecule is CCO[C@@H]1[C@@]2(C(C)C)O[C@H]2[C@@H]2O[C@@]23[C@@]2(C)CCC4=C(COC4=O)C2CC2O[C@]213. The minimum absolute atomic E-state index is 0.0737. The van der Waals surface area contributed by atoms with Crippen LogP contribution in [0.4, 0.5) is 0 Å². The van der Waals surface area contributed by atoms with E-state index < -0.39 is 5.60 Å². The van der Waals surface area contributed by atoms with Crippen LogP contribution in [0.2, 0.25) is 0 Å². The number of carbonyl (C=O) groups excluding carboxylic acids is 1. The molecule has 3 saturated heterocycles. The molecule has 6 heteroatoms. The van der Waals surface area contributed by atoms with Crippen LogP contribution in [0.5, 0.6) is 0 Å². The highest BCUT2D eigenvalue weighted by Crippen LogP contribution is 2.83. The highest BCUT2D eigenvalue weighted by Gasteiger charge is 3.00. The van der Waals surface area contributed by atoms with Crippen molar-refractivity contribution in [2.75, 3.05) is 13.2 Å². The summed E-state index contributed by atoms with van der Waals surface area (Å²) in [5, 5.41) is 0. The van der Waals surface area contributed by atoms with Crippen LogP contribution >= 0.6 is 0 Å². The zero-order valence-electron chi connectivity index (χ0n) is 16.9. The van der Waals surface area contributed by atoms with Gasteiger partial charge in [0.1, 0.15) is 36.1 Å². The number of carbonyl (C=O) groups is 1. The second-order valence-electron chi connectivity index (χ2n) is 10.3. The summed E-state index contributed by atoms with van der Waals surface area (Å²) in [4.78, 5) is 12.2. The number of ether oxygens (including phenoxy) is 5. The Labute approximate surface area is 164 Å². The van der Waals surface area contributed by atoms with Gasteiger partial charge in [-0.15, -0.1) is 0 Å². The molecule has 5 fully saturated rings. The van der Waals surface area contributed by atoms with Gasteiger partial charge in [0.2, 0.25) is 0 Å². The molecule has 0 radical (unpaired) electrons. The molecule has 2 spiro atoms. The van der Waals surface area contributed by atoms with Crippen LogP contribution in [0.25, 0.3) is 0 Å². The maximum absolute atomic E-state index is 12.2. The maximum atomic E-state index is 12.2. The summed E-state index contributed by atoms with van der Waals surface area (Å²) in [6, 6.07) is 0. The first-order valence-electron chi connectivity index (χ1n) is 10.9. The van der Waals surface area contributed by atoms with Crippen molar-refractivity contribution in [3.05, 3.63) is 11.1 Å². The molecule has 152 valence electrons. The molecule has 0 aromatic heterocycles. The fourth-order valence-corrected chi connectivity index (χ4v) is 8.08. The lowest BCUT2D eigenvalue weighted by atomic mass is 9.46. The summed E-state index contributed by atoms with van der Waals surface area (Å²) in [7, 11) is 0. The van der Waals surface area contributed by atoms with Gasteiger partial charge in [-0.3, -0.25) is 0 Å². The number of fused-ring (bicyclic) bond motifs is 4. The molecule has 7 rings (SSSR count). The highest BCUT2D eigenvalue weighted by molar-refractivity contribution is 5.92. The van der Waals surface area contributed by atoms with Crippen molar-refractivity contribution in [1.29, 1.82) is 0 Å². The predicted octanol–water partition coefficient (Wildman–Crippen LogP) is 2.15. The second kappa shape index (κ2) is 4.53. The van der Waals surface area contributed by atoms with Crippen LogP contribution in [0.3, 0.4) is 0 Å². The lowest BCUT2D eigenvalue weighted by molar-refractivity contribution is -0.136. The predicted molar refractivity (Wildman–Crippen MR) is 96.5 cm³/mol. The van der Waals surface area contributed by atoms with Crippen LogP contribution in [0, 0.1) is 17.3 Å². The normalized spacial score (nSPS) is 59.5. The monoisotopic (exact) mass is 388 g/mol. The molecule has 0 N–H and O–H groups in total. The third-order valence-electron chi connectivity index (χ3n) is 9.40. The largest absolute Gasteiger partial charge is 0.458 e. The molecule has 0 aromatic rings. The van der Waals surface area contributed by atoms with E-state index >= 15 is 0 Å². The summed E-state index contributed by atoms with van der Waals surface area (Å²) in [5.74, 6) is 0.514. The summed E-state index contributed by atoms with van der Waals surface area (Å²) in [6.45, 7) is 9.95. The molecule has 0 aromatic carbocycles. The van der Waals surface area contributed by atoms with Crippen LogP contribution in [-0.2, 0) is 28.5 Å². The fraction of sp³-hybridized carbons (Fsp3) is 0.864. The van der Waals surface area contributed by atoms with E-state index in [1.54, 1.807) is 0 Å². The first kappa shape index (κ1) is 16.8. The minimum atomic E-state index is -0.405. The third-order valence-corrected chi connectivity index (χ3v) is 9.40. The first-order valence-corrected chi connectivity index (χ1v) is 10.9. The molecule has 4 heterocycles. The number of rotatable bonds is 3. The molecule has 7 aliphatic rings. The number of hydrogen-bond donors (Lipinski definition) is 0. The topological polar surface area (TPSA) is 73.1 Å². The summed E-state index contributed by atoms with van der Waals surface area (Å²) >= 11 is 0. The van der Waals surface area contributed by atoms with Gasteiger partial charge in [-0.1, -0.05) is 20.8 Å². The Morgan fingerprint density at radius 1 is 1.21 bits per heavy atom. The van der Waals surface area contributed by atoms with Crippen molar-refractivity contribution in [3.8, 4) is 0 Å². The lowest BCUT2D eigenvalue weighted by Gasteiger charge is -2.54. The Hall–Kier alpha value is -0.950. The molecule has 9 atom stereocenters. The van der Waals surface area contributed by atoms with Gasteiger partial charge in [-0.05, 0) is 43.6 Å². The number of cyclic esters (lactones) is 1. The quantitative estimate of drug-likeness (QED) is 0.545. The zero-order chi connectivity index (χ0) is 19.3. The Morgan fingerprint density at radius 3 is 2.79 bits per heavy atom. The van der Waals surface area contributed by atoms with E-state index in [1.165, 1.54) is 5.57 Å². The molecule has 6 nitrogen and oxygen atoms in total. The Kier molecular flexibility index (Phi) is 2.72. The van der Waals surface area contributed by atoms with Gasteiger partial charge in [0.25, 0.3) is 0 Å². The van der Waals surface area contributed by atoms with Gasteiger partial charge < -0.3 is 23.7 Å². The Bertz CT molecular complexity index is 850. The van der Waals surface area contributed by atoms with Crippen molar-refractivity contribution in [1.82, 2.24) is 0 Å². The molecule has 2 saturated carbocycles. The maximum Gasteiger partial charge on any atom is 0.334 e. The van der Waals surface area contributed by atoms with E-state index in [9.17, 15) is 4.79 Å². The van der Waals surface area contributed by atoms with E-state index in [2.05, 4.69) is 27.7 Å². The smallest absolute Gasteiger partial charge is 0.334 e. The van der Waals surface area contributed by atoms with E-state index in [1.807, 2.05) is 0 Å². The van der Waals surface area contributed by atoms with Crippen molar-refractivity contribution >= 4 is 5.97 Å². The highest BCUT2D eigenvalue weighted by atomic mass is 16.8. The number of hydrogen-bond acceptors (Lipinski definition) is 6. The van der Waals surface area contributed by atoms with E-state index in [0.29, 0.717) is 19.1 Å². The molecular weight excluding hydrogens is 360 g/mol. The molecular formula is C22H28O6. The average Bonchev–Trinajstić information content (AvgIpc) is 3.54. The van der Waals surface area contributed by atoms with Crippen LogP contribution in [0.15, 0.2) is 11.1 Å². The Morgan fingerprint density at radius 2 is 2.04 bits per heavy atom. The van der Waals surface area contributed by atoms with Crippen LogP contribution in [-0.4, -0.2) is 60.4 Å². The molecule has 3 aliphatic carbocycles. The molecule has 0 amide bonds. The molecule has 4 aliphatic heterocycles. The minimum Gasteiger partial charge on any atom is -0.458 e. The molecule has 28 heavy (non-hydrogen) atoms. The lowest BCUT2D eigenvalue weighted by Crippen LogP contribution is -2.69. The third kappa shape index (κ3) is 1.39. The molecule has 0 bridgehead atoms. The van der Waals surface area contributed by atoms with Crippen LogP contribution < -0.4 is 0 Å². The summed E-state index contributed by atoms with van der Waals surface area (Å²) in [6.07, 6.45) is 2.81. The number of epoxide rings is 3. The average molecular weight is 388 g/mol. The van der Waals surface area contributed by atoms with E-state index in [-0.39, 0.29) is 52.9 Å². The Balaban J connectivity index is 1.38. The van der Waals surface area contributed by atoms with Crippen LogP contribution in [0.1, 0.15) is 47.0 Å².